The molecule has 0 atom stereocenters. The highest BCUT2D eigenvalue weighted by molar-refractivity contribution is 5.89. The van der Waals surface area contributed by atoms with Gasteiger partial charge in [0.25, 0.3) is 0 Å². The topological polar surface area (TPSA) is 78.5 Å². The Labute approximate surface area is 158 Å². The molecule has 2 N–H and O–H groups in total. The van der Waals surface area contributed by atoms with Crippen molar-refractivity contribution >= 4 is 16.8 Å². The van der Waals surface area contributed by atoms with Gasteiger partial charge in [-0.2, -0.15) is 5.10 Å². The standard InChI is InChI=1S/C14H12N2O2.C7H11NO/c1-18-14-7-10(6-13-12(14)8-15-16-13)9-2-4-11(17)5-3-9;1-2-7(9)8-5-3-4-6-8/h2-8,17H,1H3,(H,15,16);2H,1,3-6H2. The number of nitrogens with one attached hydrogen (secondary N) is 1. The summed E-state index contributed by atoms with van der Waals surface area (Å²) in [5.41, 5.74) is 2.96. The number of phenols is 1. The van der Waals surface area contributed by atoms with Crippen molar-refractivity contribution in [2.24, 2.45) is 0 Å². The van der Waals surface area contributed by atoms with Crippen LogP contribution in [0.15, 0.2) is 55.3 Å². The molecule has 0 unspecified atom stereocenters. The van der Waals surface area contributed by atoms with Crippen molar-refractivity contribution in [3.63, 3.8) is 0 Å². The van der Waals surface area contributed by atoms with E-state index >= 15 is 0 Å². The van der Waals surface area contributed by atoms with Gasteiger partial charge in [0.15, 0.2) is 0 Å². The maximum absolute atomic E-state index is 10.8. The molecule has 0 spiro atoms. The maximum Gasteiger partial charge on any atom is 0.245 e. The number of phenolic OH excluding ortho intramolecular Hbond substituents is 1. The molecule has 3 aromatic rings. The van der Waals surface area contributed by atoms with Crippen LogP contribution in [0.1, 0.15) is 12.8 Å². The number of amides is 1. The van der Waals surface area contributed by atoms with Crippen molar-refractivity contribution < 1.29 is 14.6 Å². The van der Waals surface area contributed by atoms with E-state index in [1.54, 1.807) is 25.4 Å². The van der Waals surface area contributed by atoms with Crippen LogP contribution < -0.4 is 4.74 Å². The number of nitrogens with zero attached hydrogens (tertiary/aromatic N) is 2. The second-order valence-electron chi connectivity index (χ2n) is 6.29. The Bertz CT molecular complexity index is 925. The first-order valence-corrected chi connectivity index (χ1v) is 8.84. The lowest BCUT2D eigenvalue weighted by molar-refractivity contribution is -0.124. The second kappa shape index (κ2) is 8.40. The van der Waals surface area contributed by atoms with Gasteiger partial charge in [0.1, 0.15) is 11.5 Å². The van der Waals surface area contributed by atoms with E-state index in [1.165, 1.54) is 6.08 Å². The molecule has 140 valence electrons. The average molecular weight is 365 g/mol. The van der Waals surface area contributed by atoms with Crippen LogP contribution in [0.25, 0.3) is 22.0 Å². The Balaban J connectivity index is 0.000000197. The number of methoxy groups -OCH3 is 1. The summed E-state index contributed by atoms with van der Waals surface area (Å²) in [5, 5.41) is 17.2. The van der Waals surface area contributed by atoms with E-state index in [-0.39, 0.29) is 11.7 Å². The van der Waals surface area contributed by atoms with Gasteiger partial charge >= 0.3 is 0 Å². The van der Waals surface area contributed by atoms with Gasteiger partial charge in [0, 0.05) is 13.1 Å². The summed E-state index contributed by atoms with van der Waals surface area (Å²) >= 11 is 0. The summed E-state index contributed by atoms with van der Waals surface area (Å²) in [5.74, 6) is 1.12. The Morgan fingerprint density at radius 2 is 1.93 bits per heavy atom. The summed E-state index contributed by atoms with van der Waals surface area (Å²) in [4.78, 5) is 12.6. The smallest absolute Gasteiger partial charge is 0.245 e. The van der Waals surface area contributed by atoms with Crippen LogP contribution in [0.3, 0.4) is 0 Å². The first kappa shape index (κ1) is 18.5. The van der Waals surface area contributed by atoms with Crippen LogP contribution in [-0.4, -0.2) is 46.3 Å². The first-order valence-electron chi connectivity index (χ1n) is 8.84. The first-order chi connectivity index (χ1) is 13.1. The number of aromatic nitrogens is 2. The third-order valence-electron chi connectivity index (χ3n) is 4.53. The molecule has 1 fully saturated rings. The summed E-state index contributed by atoms with van der Waals surface area (Å²) in [6, 6.07) is 11.0. The monoisotopic (exact) mass is 365 g/mol. The highest BCUT2D eigenvalue weighted by Crippen LogP contribution is 2.31. The van der Waals surface area contributed by atoms with Crippen molar-refractivity contribution in [3.8, 4) is 22.6 Å². The summed E-state index contributed by atoms with van der Waals surface area (Å²) in [6.07, 6.45) is 5.43. The zero-order valence-corrected chi connectivity index (χ0v) is 15.3. The number of benzene rings is 2. The lowest BCUT2D eigenvalue weighted by Crippen LogP contribution is -2.25. The number of ether oxygens (including phenoxy) is 1. The van der Waals surface area contributed by atoms with Gasteiger partial charge in [0.2, 0.25) is 5.91 Å². The molecule has 0 radical (unpaired) electrons. The molecule has 1 amide bonds. The van der Waals surface area contributed by atoms with E-state index in [2.05, 4.69) is 16.8 Å². The van der Waals surface area contributed by atoms with Gasteiger partial charge in [0.05, 0.1) is 24.2 Å². The number of hydrogen-bond acceptors (Lipinski definition) is 4. The van der Waals surface area contributed by atoms with E-state index in [4.69, 9.17) is 4.74 Å². The largest absolute Gasteiger partial charge is 0.508 e. The molecule has 4 rings (SSSR count). The maximum atomic E-state index is 10.8. The van der Waals surface area contributed by atoms with Crippen molar-refractivity contribution in [1.29, 1.82) is 0 Å². The third kappa shape index (κ3) is 4.28. The van der Waals surface area contributed by atoms with Crippen LogP contribution in [-0.2, 0) is 4.79 Å². The second-order valence-corrected chi connectivity index (χ2v) is 6.29. The minimum atomic E-state index is 0.0764. The predicted octanol–water partition coefficient (Wildman–Crippen LogP) is 3.74. The lowest BCUT2D eigenvalue weighted by atomic mass is 10.0. The molecule has 1 aliphatic heterocycles. The molecule has 2 aromatic carbocycles. The molecule has 27 heavy (non-hydrogen) atoms. The van der Waals surface area contributed by atoms with Crippen molar-refractivity contribution in [3.05, 3.63) is 55.3 Å². The Kier molecular flexibility index (Phi) is 5.76. The zero-order valence-electron chi connectivity index (χ0n) is 15.3. The SMILES string of the molecule is C=CC(=O)N1CCCC1.COc1cc(-c2ccc(O)cc2)cc2[nH]ncc12. The van der Waals surface area contributed by atoms with Gasteiger partial charge < -0.3 is 14.7 Å². The van der Waals surface area contributed by atoms with Crippen molar-refractivity contribution in [2.45, 2.75) is 12.8 Å². The van der Waals surface area contributed by atoms with Crippen molar-refractivity contribution in [2.75, 3.05) is 20.2 Å². The van der Waals surface area contributed by atoms with E-state index < -0.39 is 0 Å². The number of fused-ring (bicyclic) bond motifs is 1. The van der Waals surface area contributed by atoms with Crippen molar-refractivity contribution in [1.82, 2.24) is 15.1 Å². The fourth-order valence-electron chi connectivity index (χ4n) is 3.07. The fourth-order valence-corrected chi connectivity index (χ4v) is 3.07. The van der Waals surface area contributed by atoms with E-state index in [1.807, 2.05) is 29.2 Å². The number of rotatable bonds is 3. The summed E-state index contributed by atoms with van der Waals surface area (Å²) < 4.78 is 5.36. The fraction of sp³-hybridized carbons (Fsp3) is 0.238. The highest BCUT2D eigenvalue weighted by atomic mass is 16.5. The Morgan fingerprint density at radius 1 is 1.22 bits per heavy atom. The lowest BCUT2D eigenvalue weighted by Gasteiger charge is -2.10. The van der Waals surface area contributed by atoms with Gasteiger partial charge in [-0.25, -0.2) is 0 Å². The van der Waals surface area contributed by atoms with Crippen LogP contribution >= 0.6 is 0 Å². The number of aromatic hydroxyl groups is 1. The van der Waals surface area contributed by atoms with Gasteiger partial charge in [-0.3, -0.25) is 9.89 Å². The average Bonchev–Trinajstić information content (AvgIpc) is 3.39. The molecule has 1 saturated heterocycles. The number of aromatic amines is 1. The molecule has 1 aromatic heterocycles. The van der Waals surface area contributed by atoms with Crippen LogP contribution in [0, 0.1) is 0 Å². The van der Waals surface area contributed by atoms with E-state index in [9.17, 15) is 9.90 Å². The summed E-state index contributed by atoms with van der Waals surface area (Å²) in [7, 11) is 1.64. The zero-order chi connectivity index (χ0) is 19.2. The third-order valence-corrected chi connectivity index (χ3v) is 4.53. The molecular formula is C21H23N3O3. The normalized spacial score (nSPS) is 13.1. The van der Waals surface area contributed by atoms with Gasteiger partial charge in [-0.1, -0.05) is 18.7 Å². The van der Waals surface area contributed by atoms with Gasteiger partial charge in [-0.15, -0.1) is 0 Å². The Morgan fingerprint density at radius 3 is 2.56 bits per heavy atom. The molecule has 6 nitrogen and oxygen atoms in total. The number of carbonyl (C=O) groups excluding carboxylic acids is 1. The molecular weight excluding hydrogens is 342 g/mol. The molecule has 2 heterocycles. The molecule has 0 aliphatic carbocycles. The molecule has 6 heteroatoms. The number of carbonyl (C=O) groups is 1. The van der Waals surface area contributed by atoms with Crippen LogP contribution in [0.4, 0.5) is 0 Å². The minimum Gasteiger partial charge on any atom is -0.508 e. The quantitative estimate of drug-likeness (QED) is 0.693. The van der Waals surface area contributed by atoms with E-state index in [0.29, 0.717) is 0 Å². The minimum absolute atomic E-state index is 0.0764. The van der Waals surface area contributed by atoms with E-state index in [0.717, 1.165) is 53.7 Å². The molecule has 1 aliphatic rings. The van der Waals surface area contributed by atoms with Crippen LogP contribution in [0.5, 0.6) is 11.5 Å². The highest BCUT2D eigenvalue weighted by Gasteiger charge is 2.14. The number of hydrogen-bond donors (Lipinski definition) is 2. The molecule has 0 saturated carbocycles. The Hall–Kier alpha value is -3.28. The number of likely N-dealkylation sites (tertiary alicyclic amines) is 1. The van der Waals surface area contributed by atoms with Gasteiger partial charge in [-0.05, 0) is 54.3 Å². The predicted molar refractivity (Wildman–Crippen MR) is 106 cm³/mol. The summed E-state index contributed by atoms with van der Waals surface area (Å²) in [6.45, 7) is 5.26. The van der Waals surface area contributed by atoms with Crippen LogP contribution in [0.2, 0.25) is 0 Å². The number of H-pyrrole nitrogens is 1. The molecule has 0 bridgehead atoms.